The zero-order valence-electron chi connectivity index (χ0n) is 24.4. The van der Waals surface area contributed by atoms with Gasteiger partial charge in [-0.1, -0.05) is 69.3 Å². The van der Waals surface area contributed by atoms with E-state index in [0.717, 1.165) is 5.56 Å². The number of rotatable bonds is 7. The number of ether oxygens (including phenoxy) is 2. The molecule has 41 heavy (non-hydrogen) atoms. The summed E-state index contributed by atoms with van der Waals surface area (Å²) < 4.78 is 10.8. The zero-order chi connectivity index (χ0) is 29.9. The molecule has 4 atom stereocenters. The molecule has 0 heterocycles. The number of Topliss-reactive ketones (excluding diaryl/α,β-unsaturated/α-hetero) is 1. The van der Waals surface area contributed by atoms with Crippen LogP contribution in [0, 0.1) is 11.8 Å². The molecule has 1 fully saturated rings. The normalized spacial score (nSPS) is 22.5. The van der Waals surface area contributed by atoms with Gasteiger partial charge in [-0.3, -0.25) is 14.4 Å². The summed E-state index contributed by atoms with van der Waals surface area (Å²) in [6, 6.07) is 21.4. The highest BCUT2D eigenvalue weighted by Crippen LogP contribution is 2.47. The van der Waals surface area contributed by atoms with E-state index in [1.54, 1.807) is 48.5 Å². The Kier molecular flexibility index (Phi) is 8.54. The molecule has 4 unspecified atom stereocenters. The van der Waals surface area contributed by atoms with Crippen molar-refractivity contribution in [1.82, 2.24) is 0 Å². The fourth-order valence-corrected chi connectivity index (χ4v) is 5.61. The summed E-state index contributed by atoms with van der Waals surface area (Å²) in [6.07, 6.45) is -0.363. The first-order chi connectivity index (χ1) is 19.4. The third-order valence-electron chi connectivity index (χ3n) is 7.72. The Bertz CT molecular complexity index is 1420. The number of amides is 2. The molecule has 0 bridgehead atoms. The highest BCUT2D eigenvalue weighted by atomic mass is 16.5. The lowest BCUT2D eigenvalue weighted by atomic mass is 9.61. The molecule has 0 radical (unpaired) electrons. The van der Waals surface area contributed by atoms with Crippen molar-refractivity contribution < 1.29 is 29.0 Å². The molecule has 1 aliphatic carbocycles. The van der Waals surface area contributed by atoms with E-state index < -0.39 is 41.0 Å². The molecule has 3 aromatic rings. The van der Waals surface area contributed by atoms with Crippen molar-refractivity contribution in [1.29, 1.82) is 0 Å². The molecule has 2 amide bonds. The Labute approximate surface area is 241 Å². The average Bonchev–Trinajstić information content (AvgIpc) is 2.92. The molecule has 8 nitrogen and oxygen atoms in total. The second-order valence-electron chi connectivity index (χ2n) is 11.7. The summed E-state index contributed by atoms with van der Waals surface area (Å²) in [5.74, 6) is -4.00. The lowest BCUT2D eigenvalue weighted by molar-refractivity contribution is -0.150. The molecule has 0 aromatic heterocycles. The maximum atomic E-state index is 14.0. The van der Waals surface area contributed by atoms with E-state index in [1.807, 2.05) is 24.3 Å². The van der Waals surface area contributed by atoms with Crippen LogP contribution in [-0.2, 0) is 19.8 Å². The van der Waals surface area contributed by atoms with Gasteiger partial charge in [0.1, 0.15) is 23.2 Å². The zero-order valence-corrected chi connectivity index (χ0v) is 24.4. The van der Waals surface area contributed by atoms with Gasteiger partial charge in [-0.05, 0) is 47.7 Å². The van der Waals surface area contributed by atoms with E-state index in [4.69, 9.17) is 9.47 Å². The van der Waals surface area contributed by atoms with Crippen LogP contribution in [-0.4, -0.2) is 42.5 Å². The number of ketones is 1. The van der Waals surface area contributed by atoms with Crippen LogP contribution in [0.15, 0.2) is 72.8 Å². The van der Waals surface area contributed by atoms with Crippen molar-refractivity contribution in [3.8, 4) is 11.5 Å². The van der Waals surface area contributed by atoms with Gasteiger partial charge in [0.2, 0.25) is 11.8 Å². The lowest BCUT2D eigenvalue weighted by Gasteiger charge is -2.44. The molecule has 1 aliphatic rings. The summed E-state index contributed by atoms with van der Waals surface area (Å²) in [7, 11) is 2.99. The summed E-state index contributed by atoms with van der Waals surface area (Å²) >= 11 is 0. The molecule has 0 spiro atoms. The Morgan fingerprint density at radius 1 is 0.829 bits per heavy atom. The second kappa shape index (κ2) is 11.7. The maximum absolute atomic E-state index is 14.0. The molecule has 216 valence electrons. The minimum atomic E-state index is -1.72. The van der Waals surface area contributed by atoms with Crippen LogP contribution >= 0.6 is 0 Å². The number of aliphatic hydroxyl groups is 1. The van der Waals surface area contributed by atoms with E-state index in [9.17, 15) is 19.5 Å². The number of benzene rings is 3. The van der Waals surface area contributed by atoms with Gasteiger partial charge in [0.25, 0.3) is 0 Å². The third kappa shape index (κ3) is 6.28. The van der Waals surface area contributed by atoms with Crippen LogP contribution in [0.5, 0.6) is 11.5 Å². The van der Waals surface area contributed by atoms with Gasteiger partial charge in [0, 0.05) is 12.3 Å². The SMILES string of the molecule is COc1ccccc1NC(=O)C1C(=O)CC(C)(O)C(C(=O)Nc2ccccc2OC)C1c1ccc(C(C)(C)C)cc1. The number of carbonyl (C=O) groups is 3. The molecule has 4 rings (SSSR count). The molecular weight excluding hydrogens is 520 g/mol. The van der Waals surface area contributed by atoms with E-state index >= 15 is 0 Å². The van der Waals surface area contributed by atoms with E-state index in [0.29, 0.717) is 28.4 Å². The fraction of sp³-hybridized carbons (Fsp3) is 0.364. The number of methoxy groups -OCH3 is 2. The second-order valence-corrected chi connectivity index (χ2v) is 11.7. The number of para-hydroxylation sites is 4. The van der Waals surface area contributed by atoms with Crippen LogP contribution in [0.25, 0.3) is 0 Å². The smallest absolute Gasteiger partial charge is 0.235 e. The average molecular weight is 559 g/mol. The molecule has 8 heteroatoms. The van der Waals surface area contributed by atoms with Crippen molar-refractivity contribution in [3.05, 3.63) is 83.9 Å². The van der Waals surface area contributed by atoms with Gasteiger partial charge in [-0.25, -0.2) is 0 Å². The number of nitrogens with one attached hydrogen (secondary N) is 2. The summed E-state index contributed by atoms with van der Waals surface area (Å²) in [5, 5.41) is 17.3. The minimum absolute atomic E-state index is 0.131. The Balaban J connectivity index is 1.81. The molecule has 3 aromatic carbocycles. The van der Waals surface area contributed by atoms with Crippen LogP contribution in [0.1, 0.15) is 51.2 Å². The van der Waals surface area contributed by atoms with E-state index in [-0.39, 0.29) is 11.8 Å². The first-order valence-corrected chi connectivity index (χ1v) is 13.6. The Morgan fingerprint density at radius 2 is 1.32 bits per heavy atom. The van der Waals surface area contributed by atoms with Gasteiger partial charge in [-0.15, -0.1) is 0 Å². The molecule has 3 N–H and O–H groups in total. The standard InChI is InChI=1S/C33H38N2O6/c1-32(2,3)21-17-15-20(16-18-21)27-28(30(37)34-22-11-7-9-13-25(22)40-5)24(36)19-33(4,39)29(27)31(38)35-23-12-8-10-14-26(23)41-6/h7-18,27-29,39H,19H2,1-6H3,(H,34,37)(H,35,38). The third-order valence-corrected chi connectivity index (χ3v) is 7.72. The number of hydrogen-bond acceptors (Lipinski definition) is 6. The van der Waals surface area contributed by atoms with Crippen molar-refractivity contribution in [2.24, 2.45) is 11.8 Å². The van der Waals surface area contributed by atoms with Crippen LogP contribution in [0.4, 0.5) is 11.4 Å². The van der Waals surface area contributed by atoms with Gasteiger partial charge in [0.05, 0.1) is 37.1 Å². The highest BCUT2D eigenvalue weighted by Gasteiger charge is 2.56. The first-order valence-electron chi connectivity index (χ1n) is 13.6. The molecule has 0 saturated heterocycles. The Hall–Kier alpha value is -4.17. The van der Waals surface area contributed by atoms with Crippen LogP contribution in [0.2, 0.25) is 0 Å². The maximum Gasteiger partial charge on any atom is 0.235 e. The Morgan fingerprint density at radius 3 is 1.80 bits per heavy atom. The fourth-order valence-electron chi connectivity index (χ4n) is 5.61. The summed E-state index contributed by atoms with van der Waals surface area (Å²) in [4.78, 5) is 41.5. The van der Waals surface area contributed by atoms with Crippen molar-refractivity contribution in [3.63, 3.8) is 0 Å². The number of anilines is 2. The van der Waals surface area contributed by atoms with Crippen molar-refractivity contribution in [2.45, 2.75) is 51.0 Å². The largest absolute Gasteiger partial charge is 0.495 e. The van der Waals surface area contributed by atoms with Gasteiger partial charge in [0.15, 0.2) is 0 Å². The van der Waals surface area contributed by atoms with E-state index in [1.165, 1.54) is 21.1 Å². The van der Waals surface area contributed by atoms with Gasteiger partial charge >= 0.3 is 0 Å². The van der Waals surface area contributed by atoms with Crippen molar-refractivity contribution in [2.75, 3.05) is 24.9 Å². The lowest BCUT2D eigenvalue weighted by Crippen LogP contribution is -2.56. The number of hydrogen-bond donors (Lipinski definition) is 3. The van der Waals surface area contributed by atoms with Gasteiger partial charge in [-0.2, -0.15) is 0 Å². The van der Waals surface area contributed by atoms with Crippen LogP contribution in [0.3, 0.4) is 0 Å². The first kappa shape index (κ1) is 29.8. The molecule has 1 saturated carbocycles. The quantitative estimate of drug-likeness (QED) is 0.338. The van der Waals surface area contributed by atoms with Crippen LogP contribution < -0.4 is 20.1 Å². The number of carbonyl (C=O) groups excluding carboxylic acids is 3. The highest BCUT2D eigenvalue weighted by molar-refractivity contribution is 6.11. The van der Waals surface area contributed by atoms with E-state index in [2.05, 4.69) is 31.4 Å². The van der Waals surface area contributed by atoms with Crippen molar-refractivity contribution >= 4 is 29.0 Å². The molecular formula is C33H38N2O6. The minimum Gasteiger partial charge on any atom is -0.495 e. The predicted octanol–water partition coefficient (Wildman–Crippen LogP) is 5.32. The predicted molar refractivity (Wildman–Crippen MR) is 158 cm³/mol. The summed E-state index contributed by atoms with van der Waals surface area (Å²) in [5.41, 5.74) is 0.629. The molecule has 0 aliphatic heterocycles. The van der Waals surface area contributed by atoms with Gasteiger partial charge < -0.3 is 25.2 Å². The topological polar surface area (TPSA) is 114 Å². The monoisotopic (exact) mass is 558 g/mol. The summed E-state index contributed by atoms with van der Waals surface area (Å²) in [6.45, 7) is 7.74.